The zero-order valence-corrected chi connectivity index (χ0v) is 9.68. The maximum absolute atomic E-state index is 5.71. The summed E-state index contributed by atoms with van der Waals surface area (Å²) in [4.78, 5) is 2.45. The second kappa shape index (κ2) is 4.23. The number of anilines is 1. The average Bonchev–Trinajstić information content (AvgIpc) is 2.26. The summed E-state index contributed by atoms with van der Waals surface area (Å²) in [6.07, 6.45) is 0.307. The van der Waals surface area contributed by atoms with Crippen LogP contribution in [0.5, 0.6) is 0 Å². The third-order valence-corrected chi connectivity index (χ3v) is 3.25. The molecule has 2 rings (SSSR count). The van der Waals surface area contributed by atoms with Crippen molar-refractivity contribution >= 4 is 5.69 Å². The molecule has 2 heteroatoms. The van der Waals surface area contributed by atoms with Crippen molar-refractivity contribution in [3.05, 3.63) is 30.3 Å². The number of hydrogen-bond donors (Lipinski definition) is 0. The zero-order valence-electron chi connectivity index (χ0n) is 9.68. The quantitative estimate of drug-likeness (QED) is 0.699. The van der Waals surface area contributed by atoms with Crippen molar-refractivity contribution in [1.82, 2.24) is 0 Å². The lowest BCUT2D eigenvalue weighted by Gasteiger charge is -2.44. The summed E-state index contributed by atoms with van der Waals surface area (Å²) in [5.74, 6) is 0. The lowest BCUT2D eigenvalue weighted by molar-refractivity contribution is 0.00989. The lowest BCUT2D eigenvalue weighted by Crippen LogP contribution is -2.53. The molecule has 0 aliphatic carbocycles. The van der Waals surface area contributed by atoms with Crippen LogP contribution in [-0.4, -0.2) is 24.8 Å². The Morgan fingerprint density at radius 3 is 2.47 bits per heavy atom. The first-order valence-electron chi connectivity index (χ1n) is 5.65. The van der Waals surface area contributed by atoms with Gasteiger partial charge < -0.3 is 9.64 Å². The molecule has 15 heavy (non-hydrogen) atoms. The third kappa shape index (κ3) is 2.00. The van der Waals surface area contributed by atoms with Gasteiger partial charge >= 0.3 is 0 Å². The Morgan fingerprint density at radius 2 is 1.80 bits per heavy atom. The second-order valence-electron chi connectivity index (χ2n) is 4.37. The Labute approximate surface area is 91.9 Å². The van der Waals surface area contributed by atoms with Gasteiger partial charge in [-0.3, -0.25) is 0 Å². The molecule has 1 aliphatic heterocycles. The SMILES string of the molecule is CC1OCC(C)N(c2ccccc2)C1C. The molecule has 82 valence electrons. The van der Waals surface area contributed by atoms with Crippen LogP contribution < -0.4 is 4.90 Å². The van der Waals surface area contributed by atoms with E-state index in [1.807, 2.05) is 0 Å². The predicted octanol–water partition coefficient (Wildman–Crippen LogP) is 2.69. The van der Waals surface area contributed by atoms with Crippen LogP contribution in [0.25, 0.3) is 0 Å². The Kier molecular flexibility index (Phi) is 2.96. The van der Waals surface area contributed by atoms with E-state index in [1.165, 1.54) is 5.69 Å². The topological polar surface area (TPSA) is 12.5 Å². The molecule has 3 unspecified atom stereocenters. The fourth-order valence-electron chi connectivity index (χ4n) is 2.23. The molecule has 0 saturated carbocycles. The van der Waals surface area contributed by atoms with Gasteiger partial charge in [0.2, 0.25) is 0 Å². The number of hydrogen-bond acceptors (Lipinski definition) is 2. The maximum atomic E-state index is 5.71. The monoisotopic (exact) mass is 205 g/mol. The first-order valence-corrected chi connectivity index (χ1v) is 5.65. The summed E-state index contributed by atoms with van der Waals surface area (Å²) in [6, 6.07) is 11.5. The van der Waals surface area contributed by atoms with Gasteiger partial charge in [-0.05, 0) is 32.9 Å². The Bertz CT molecular complexity index is 312. The van der Waals surface area contributed by atoms with E-state index in [-0.39, 0.29) is 0 Å². The molecule has 1 saturated heterocycles. The van der Waals surface area contributed by atoms with E-state index in [4.69, 9.17) is 4.74 Å². The smallest absolute Gasteiger partial charge is 0.0748 e. The molecule has 2 nitrogen and oxygen atoms in total. The van der Waals surface area contributed by atoms with Gasteiger partial charge in [0, 0.05) is 11.7 Å². The Morgan fingerprint density at radius 1 is 1.13 bits per heavy atom. The Balaban J connectivity index is 2.25. The van der Waals surface area contributed by atoms with Crippen LogP contribution in [0.2, 0.25) is 0 Å². The molecule has 0 aromatic heterocycles. The summed E-state index contributed by atoms with van der Waals surface area (Å²) in [5.41, 5.74) is 1.30. The van der Waals surface area contributed by atoms with Gasteiger partial charge in [-0.15, -0.1) is 0 Å². The number of benzene rings is 1. The highest BCUT2D eigenvalue weighted by atomic mass is 16.5. The fourth-order valence-corrected chi connectivity index (χ4v) is 2.23. The van der Waals surface area contributed by atoms with Crippen LogP contribution in [-0.2, 0) is 4.74 Å². The van der Waals surface area contributed by atoms with Crippen molar-refractivity contribution in [2.24, 2.45) is 0 Å². The summed E-state index contributed by atoms with van der Waals surface area (Å²) in [5, 5.41) is 0. The third-order valence-electron chi connectivity index (χ3n) is 3.25. The Hall–Kier alpha value is -1.02. The number of ether oxygens (including phenoxy) is 1. The van der Waals surface area contributed by atoms with Crippen LogP contribution in [0.4, 0.5) is 5.69 Å². The molecule has 0 spiro atoms. The molecule has 0 N–H and O–H groups in total. The number of para-hydroxylation sites is 1. The normalized spacial score (nSPS) is 31.7. The van der Waals surface area contributed by atoms with E-state index in [0.29, 0.717) is 18.2 Å². The summed E-state index contributed by atoms with van der Waals surface area (Å²) < 4.78 is 5.71. The first-order chi connectivity index (χ1) is 7.20. The molecule has 0 bridgehead atoms. The van der Waals surface area contributed by atoms with Crippen molar-refractivity contribution in [2.75, 3.05) is 11.5 Å². The highest BCUT2D eigenvalue weighted by Crippen LogP contribution is 2.25. The minimum Gasteiger partial charge on any atom is -0.374 e. The highest BCUT2D eigenvalue weighted by Gasteiger charge is 2.30. The van der Waals surface area contributed by atoms with Crippen molar-refractivity contribution in [3.8, 4) is 0 Å². The van der Waals surface area contributed by atoms with Crippen LogP contribution in [0.3, 0.4) is 0 Å². The van der Waals surface area contributed by atoms with E-state index in [2.05, 4.69) is 56.0 Å². The average molecular weight is 205 g/mol. The summed E-state index contributed by atoms with van der Waals surface area (Å²) in [6.45, 7) is 7.41. The molecule has 3 atom stereocenters. The minimum atomic E-state index is 0.307. The van der Waals surface area contributed by atoms with Crippen molar-refractivity contribution in [2.45, 2.75) is 39.0 Å². The van der Waals surface area contributed by atoms with Gasteiger partial charge in [-0.25, -0.2) is 0 Å². The van der Waals surface area contributed by atoms with E-state index >= 15 is 0 Å². The van der Waals surface area contributed by atoms with Crippen molar-refractivity contribution < 1.29 is 4.74 Å². The molecule has 1 heterocycles. The van der Waals surface area contributed by atoms with E-state index in [1.54, 1.807) is 0 Å². The summed E-state index contributed by atoms with van der Waals surface area (Å²) in [7, 11) is 0. The van der Waals surface area contributed by atoms with Crippen LogP contribution >= 0.6 is 0 Å². The van der Waals surface area contributed by atoms with Gasteiger partial charge in [0.05, 0.1) is 18.8 Å². The van der Waals surface area contributed by atoms with Gasteiger partial charge in [0.25, 0.3) is 0 Å². The second-order valence-corrected chi connectivity index (χ2v) is 4.37. The van der Waals surface area contributed by atoms with Gasteiger partial charge in [-0.2, -0.15) is 0 Å². The van der Waals surface area contributed by atoms with E-state index in [0.717, 1.165) is 6.61 Å². The molecular formula is C13H19NO. The molecular weight excluding hydrogens is 186 g/mol. The van der Waals surface area contributed by atoms with Crippen molar-refractivity contribution in [3.63, 3.8) is 0 Å². The number of rotatable bonds is 1. The lowest BCUT2D eigenvalue weighted by atomic mass is 10.1. The molecule has 1 aromatic carbocycles. The molecule has 0 radical (unpaired) electrons. The predicted molar refractivity (Wildman–Crippen MR) is 63.3 cm³/mol. The number of nitrogens with zero attached hydrogens (tertiary/aromatic N) is 1. The van der Waals surface area contributed by atoms with Crippen LogP contribution in [0.1, 0.15) is 20.8 Å². The van der Waals surface area contributed by atoms with Gasteiger partial charge in [-0.1, -0.05) is 18.2 Å². The molecule has 0 amide bonds. The standard InChI is InChI=1S/C13H19NO/c1-10-9-15-12(3)11(2)14(10)13-7-5-4-6-8-13/h4-8,10-12H,9H2,1-3H3. The van der Waals surface area contributed by atoms with E-state index in [9.17, 15) is 0 Å². The van der Waals surface area contributed by atoms with Crippen molar-refractivity contribution in [1.29, 1.82) is 0 Å². The number of morpholine rings is 1. The maximum Gasteiger partial charge on any atom is 0.0748 e. The summed E-state index contributed by atoms with van der Waals surface area (Å²) >= 11 is 0. The zero-order chi connectivity index (χ0) is 10.8. The first kappa shape index (κ1) is 10.5. The van der Waals surface area contributed by atoms with Crippen LogP contribution in [0, 0.1) is 0 Å². The van der Waals surface area contributed by atoms with Gasteiger partial charge in [0.1, 0.15) is 0 Å². The highest BCUT2D eigenvalue weighted by molar-refractivity contribution is 5.48. The van der Waals surface area contributed by atoms with E-state index < -0.39 is 0 Å². The molecule has 1 aliphatic rings. The van der Waals surface area contributed by atoms with Crippen LogP contribution in [0.15, 0.2) is 30.3 Å². The molecule has 1 fully saturated rings. The largest absolute Gasteiger partial charge is 0.374 e. The van der Waals surface area contributed by atoms with Gasteiger partial charge in [0.15, 0.2) is 0 Å². The molecule has 1 aromatic rings. The minimum absolute atomic E-state index is 0.307. The fraction of sp³-hybridized carbons (Fsp3) is 0.538.